The smallest absolute Gasteiger partial charge is 0.145 e. The molecular formula is C12H11ClFN. The van der Waals surface area contributed by atoms with Crippen LogP contribution in [0.2, 0.25) is 5.02 Å². The van der Waals surface area contributed by atoms with Crippen molar-refractivity contribution in [1.29, 1.82) is 5.26 Å². The van der Waals surface area contributed by atoms with E-state index in [4.69, 9.17) is 16.9 Å². The third-order valence-electron chi connectivity index (χ3n) is 3.11. The van der Waals surface area contributed by atoms with E-state index in [1.165, 1.54) is 6.07 Å². The van der Waals surface area contributed by atoms with Crippen LogP contribution in [-0.2, 0) is 6.42 Å². The molecule has 1 saturated carbocycles. The maximum Gasteiger partial charge on any atom is 0.145 e. The maximum atomic E-state index is 13.6. The first-order valence-electron chi connectivity index (χ1n) is 5.01. The second-order valence-corrected chi connectivity index (χ2v) is 4.54. The Morgan fingerprint density at radius 2 is 2.20 bits per heavy atom. The molecule has 1 aromatic carbocycles. The Kier molecular flexibility index (Phi) is 2.67. The van der Waals surface area contributed by atoms with Gasteiger partial charge in [-0.3, -0.25) is 0 Å². The Bertz CT molecular complexity index is 418. The van der Waals surface area contributed by atoms with Crippen LogP contribution in [0.3, 0.4) is 0 Å². The minimum Gasteiger partial charge on any atom is -0.205 e. The molecular weight excluding hydrogens is 213 g/mol. The Morgan fingerprint density at radius 3 is 2.73 bits per heavy atom. The van der Waals surface area contributed by atoms with E-state index in [1.807, 2.05) is 0 Å². The van der Waals surface area contributed by atoms with Crippen molar-refractivity contribution in [3.8, 4) is 6.07 Å². The van der Waals surface area contributed by atoms with E-state index < -0.39 is 0 Å². The van der Waals surface area contributed by atoms with Crippen molar-refractivity contribution in [2.75, 3.05) is 0 Å². The van der Waals surface area contributed by atoms with Gasteiger partial charge < -0.3 is 0 Å². The lowest BCUT2D eigenvalue weighted by atomic mass is 9.66. The van der Waals surface area contributed by atoms with Gasteiger partial charge in [-0.1, -0.05) is 30.2 Å². The summed E-state index contributed by atoms with van der Waals surface area (Å²) in [6, 6.07) is 7.26. The van der Waals surface area contributed by atoms with E-state index in [1.54, 1.807) is 12.1 Å². The van der Waals surface area contributed by atoms with Gasteiger partial charge >= 0.3 is 0 Å². The summed E-state index contributed by atoms with van der Waals surface area (Å²) in [5.41, 5.74) is 0.217. The van der Waals surface area contributed by atoms with Crippen LogP contribution < -0.4 is 0 Å². The topological polar surface area (TPSA) is 23.8 Å². The van der Waals surface area contributed by atoms with E-state index in [-0.39, 0.29) is 16.3 Å². The number of nitrogens with zero attached hydrogens (tertiary/aromatic N) is 1. The molecule has 0 aromatic heterocycles. The minimum atomic E-state index is -0.374. The molecule has 0 aliphatic heterocycles. The molecule has 78 valence electrons. The average Bonchev–Trinajstić information content (AvgIpc) is 2.18. The number of benzene rings is 1. The van der Waals surface area contributed by atoms with Crippen molar-refractivity contribution in [2.45, 2.75) is 25.7 Å². The zero-order valence-corrected chi connectivity index (χ0v) is 9.02. The third kappa shape index (κ3) is 1.85. The zero-order valence-electron chi connectivity index (χ0n) is 8.26. The van der Waals surface area contributed by atoms with Crippen molar-refractivity contribution >= 4 is 11.6 Å². The molecule has 0 N–H and O–H groups in total. The lowest BCUT2D eigenvalue weighted by Gasteiger charge is -2.35. The first-order valence-corrected chi connectivity index (χ1v) is 5.39. The van der Waals surface area contributed by atoms with Gasteiger partial charge in [0.15, 0.2) is 0 Å². The summed E-state index contributed by atoms with van der Waals surface area (Å²) >= 11 is 5.69. The number of hydrogen-bond donors (Lipinski definition) is 0. The van der Waals surface area contributed by atoms with Crippen molar-refractivity contribution in [3.63, 3.8) is 0 Å². The molecule has 1 aromatic rings. The molecule has 0 atom stereocenters. The quantitative estimate of drug-likeness (QED) is 0.750. The molecule has 0 heterocycles. The molecule has 2 rings (SSSR count). The monoisotopic (exact) mass is 223 g/mol. The van der Waals surface area contributed by atoms with Gasteiger partial charge in [0.25, 0.3) is 0 Å². The predicted molar refractivity (Wildman–Crippen MR) is 57.0 cm³/mol. The summed E-state index contributed by atoms with van der Waals surface area (Å²) in [7, 11) is 0. The number of halogens is 2. The SMILES string of the molecule is N#CC1(Cc2cccc(Cl)c2F)CCC1. The molecule has 3 heteroatoms. The Balaban J connectivity index is 2.25. The van der Waals surface area contributed by atoms with Gasteiger partial charge in [-0.05, 0) is 30.9 Å². The van der Waals surface area contributed by atoms with Crippen molar-refractivity contribution in [3.05, 3.63) is 34.6 Å². The minimum absolute atomic E-state index is 0.139. The van der Waals surface area contributed by atoms with Crippen LogP contribution in [0.25, 0.3) is 0 Å². The fourth-order valence-corrected chi connectivity index (χ4v) is 2.18. The Labute approximate surface area is 93.5 Å². The molecule has 1 aliphatic rings. The molecule has 0 amide bonds. The fourth-order valence-electron chi connectivity index (χ4n) is 1.98. The van der Waals surface area contributed by atoms with Crippen LogP contribution in [0.4, 0.5) is 4.39 Å². The van der Waals surface area contributed by atoms with Crippen LogP contribution in [-0.4, -0.2) is 0 Å². The van der Waals surface area contributed by atoms with Crippen LogP contribution >= 0.6 is 11.6 Å². The lowest BCUT2D eigenvalue weighted by molar-refractivity contribution is 0.212. The molecule has 1 fully saturated rings. The Hall–Kier alpha value is -1.07. The van der Waals surface area contributed by atoms with Crippen LogP contribution in [0.15, 0.2) is 18.2 Å². The standard InChI is InChI=1S/C12H11ClFN/c13-10-4-1-3-9(11(10)14)7-12(8-15)5-2-6-12/h1,3-4H,2,5-7H2. The van der Waals surface area contributed by atoms with Crippen molar-refractivity contribution < 1.29 is 4.39 Å². The van der Waals surface area contributed by atoms with E-state index in [0.717, 1.165) is 19.3 Å². The summed E-state index contributed by atoms with van der Waals surface area (Å²) in [6.45, 7) is 0. The number of hydrogen-bond acceptors (Lipinski definition) is 1. The van der Waals surface area contributed by atoms with Gasteiger partial charge in [-0.25, -0.2) is 4.39 Å². The van der Waals surface area contributed by atoms with Crippen LogP contribution in [0.5, 0.6) is 0 Å². The van der Waals surface area contributed by atoms with Crippen LogP contribution in [0, 0.1) is 22.6 Å². The van der Waals surface area contributed by atoms with Gasteiger partial charge in [0.2, 0.25) is 0 Å². The highest BCUT2D eigenvalue weighted by atomic mass is 35.5. The molecule has 0 spiro atoms. The van der Waals surface area contributed by atoms with Gasteiger partial charge in [0, 0.05) is 0 Å². The summed E-state index contributed by atoms with van der Waals surface area (Å²) in [4.78, 5) is 0. The highest BCUT2D eigenvalue weighted by molar-refractivity contribution is 6.30. The molecule has 0 saturated heterocycles. The summed E-state index contributed by atoms with van der Waals surface area (Å²) in [5, 5.41) is 9.19. The molecule has 0 unspecified atom stereocenters. The van der Waals surface area contributed by atoms with Gasteiger partial charge in [-0.2, -0.15) is 5.26 Å². The highest BCUT2D eigenvalue weighted by Crippen LogP contribution is 2.43. The van der Waals surface area contributed by atoms with Crippen molar-refractivity contribution in [1.82, 2.24) is 0 Å². The summed E-state index contributed by atoms with van der Waals surface area (Å²) in [5.74, 6) is -0.374. The average molecular weight is 224 g/mol. The highest BCUT2D eigenvalue weighted by Gasteiger charge is 2.37. The normalized spacial score (nSPS) is 17.9. The van der Waals surface area contributed by atoms with E-state index in [9.17, 15) is 4.39 Å². The number of nitriles is 1. The summed E-state index contributed by atoms with van der Waals surface area (Å²) in [6.07, 6.45) is 3.29. The number of rotatable bonds is 2. The fraction of sp³-hybridized carbons (Fsp3) is 0.417. The van der Waals surface area contributed by atoms with E-state index in [2.05, 4.69) is 6.07 Å². The first-order chi connectivity index (χ1) is 7.17. The predicted octanol–water partition coefficient (Wildman–Crippen LogP) is 3.72. The maximum absolute atomic E-state index is 13.6. The second-order valence-electron chi connectivity index (χ2n) is 4.14. The van der Waals surface area contributed by atoms with Gasteiger partial charge in [-0.15, -0.1) is 0 Å². The molecule has 1 aliphatic carbocycles. The third-order valence-corrected chi connectivity index (χ3v) is 3.40. The largest absolute Gasteiger partial charge is 0.205 e. The van der Waals surface area contributed by atoms with Gasteiger partial charge in [0.05, 0.1) is 16.5 Å². The molecule has 15 heavy (non-hydrogen) atoms. The van der Waals surface area contributed by atoms with E-state index in [0.29, 0.717) is 12.0 Å². The van der Waals surface area contributed by atoms with Gasteiger partial charge in [0.1, 0.15) is 5.82 Å². The Morgan fingerprint density at radius 1 is 1.47 bits per heavy atom. The van der Waals surface area contributed by atoms with Crippen molar-refractivity contribution in [2.24, 2.45) is 5.41 Å². The summed E-state index contributed by atoms with van der Waals surface area (Å²) < 4.78 is 13.6. The molecule has 0 radical (unpaired) electrons. The molecule has 0 bridgehead atoms. The lowest BCUT2D eigenvalue weighted by Crippen LogP contribution is -2.30. The van der Waals surface area contributed by atoms with Crippen LogP contribution in [0.1, 0.15) is 24.8 Å². The zero-order chi connectivity index (χ0) is 10.9. The first kappa shape index (κ1) is 10.4. The molecule has 1 nitrogen and oxygen atoms in total. The van der Waals surface area contributed by atoms with E-state index >= 15 is 0 Å². The second kappa shape index (κ2) is 3.83.